The Morgan fingerprint density at radius 3 is 2.29 bits per heavy atom. The van der Waals surface area contributed by atoms with Gasteiger partial charge >= 0.3 is 0 Å². The van der Waals surface area contributed by atoms with E-state index < -0.39 is 0 Å². The lowest BCUT2D eigenvalue weighted by Crippen LogP contribution is -2.11. The molecule has 0 aromatic heterocycles. The second-order valence-corrected chi connectivity index (χ2v) is 5.66. The molecule has 2 heteroatoms. The molecule has 0 spiro atoms. The van der Waals surface area contributed by atoms with E-state index in [4.69, 9.17) is 0 Å². The molecule has 0 atom stereocenters. The zero-order chi connectivity index (χ0) is 14.7. The standard InChI is InChI=1S/C19H18O2/c20-18(15-10-11-15)13-19(21)17-9-5-4-8-16(17)12-14-6-2-1-3-7-14/h1-9,15H,10-13H2. The van der Waals surface area contributed by atoms with E-state index in [1.54, 1.807) is 0 Å². The van der Waals surface area contributed by atoms with Gasteiger partial charge < -0.3 is 0 Å². The summed E-state index contributed by atoms with van der Waals surface area (Å²) in [6.45, 7) is 0. The molecule has 0 unspecified atom stereocenters. The molecule has 1 fully saturated rings. The van der Waals surface area contributed by atoms with Crippen molar-refractivity contribution in [3.8, 4) is 0 Å². The Hall–Kier alpha value is -2.22. The normalized spacial score (nSPS) is 13.9. The molecule has 3 rings (SSSR count). The minimum Gasteiger partial charge on any atom is -0.299 e. The Morgan fingerprint density at radius 1 is 0.905 bits per heavy atom. The van der Waals surface area contributed by atoms with Gasteiger partial charge in [0.2, 0.25) is 0 Å². The quantitative estimate of drug-likeness (QED) is 0.594. The zero-order valence-electron chi connectivity index (χ0n) is 11.9. The van der Waals surface area contributed by atoms with Gasteiger partial charge in [-0.2, -0.15) is 0 Å². The summed E-state index contributed by atoms with van der Waals surface area (Å²) in [7, 11) is 0. The summed E-state index contributed by atoms with van der Waals surface area (Å²) in [5.41, 5.74) is 2.86. The SMILES string of the molecule is O=C(CC(=O)C1CC1)c1ccccc1Cc1ccccc1. The van der Waals surface area contributed by atoms with Crippen molar-refractivity contribution in [3.05, 3.63) is 71.3 Å². The molecule has 0 radical (unpaired) electrons. The first-order valence-electron chi connectivity index (χ1n) is 7.42. The van der Waals surface area contributed by atoms with Crippen LogP contribution in [0.5, 0.6) is 0 Å². The van der Waals surface area contributed by atoms with Crippen molar-refractivity contribution >= 4 is 11.6 Å². The number of hydrogen-bond acceptors (Lipinski definition) is 2. The van der Waals surface area contributed by atoms with Gasteiger partial charge in [-0.15, -0.1) is 0 Å². The van der Waals surface area contributed by atoms with Crippen LogP contribution in [0.1, 0.15) is 40.7 Å². The molecule has 0 aliphatic heterocycles. The van der Waals surface area contributed by atoms with Crippen molar-refractivity contribution in [2.45, 2.75) is 25.7 Å². The Balaban J connectivity index is 1.78. The largest absolute Gasteiger partial charge is 0.299 e. The number of carbonyl (C=O) groups is 2. The minimum atomic E-state index is -0.0431. The lowest BCUT2D eigenvalue weighted by Gasteiger charge is -2.08. The molecule has 106 valence electrons. The van der Waals surface area contributed by atoms with Crippen LogP contribution >= 0.6 is 0 Å². The second kappa shape index (κ2) is 6.04. The Labute approximate surface area is 124 Å². The summed E-state index contributed by atoms with van der Waals surface area (Å²) in [5, 5.41) is 0. The molecule has 2 aromatic rings. The van der Waals surface area contributed by atoms with E-state index in [-0.39, 0.29) is 23.9 Å². The highest BCUT2D eigenvalue weighted by molar-refractivity contribution is 6.09. The molecule has 21 heavy (non-hydrogen) atoms. The van der Waals surface area contributed by atoms with Crippen LogP contribution in [0.4, 0.5) is 0 Å². The van der Waals surface area contributed by atoms with Crippen LogP contribution in [-0.4, -0.2) is 11.6 Å². The maximum atomic E-state index is 12.4. The molecule has 2 nitrogen and oxygen atoms in total. The maximum absolute atomic E-state index is 12.4. The molecular formula is C19H18O2. The maximum Gasteiger partial charge on any atom is 0.170 e. The summed E-state index contributed by atoms with van der Waals surface area (Å²) >= 11 is 0. The van der Waals surface area contributed by atoms with Crippen LogP contribution in [0.2, 0.25) is 0 Å². The summed E-state index contributed by atoms with van der Waals surface area (Å²) in [6, 6.07) is 17.7. The fraction of sp³-hybridized carbons (Fsp3) is 0.263. The van der Waals surface area contributed by atoms with Crippen molar-refractivity contribution in [1.29, 1.82) is 0 Å². The molecule has 1 aliphatic rings. The van der Waals surface area contributed by atoms with Gasteiger partial charge in [0.15, 0.2) is 5.78 Å². The van der Waals surface area contributed by atoms with Gasteiger partial charge in [-0.25, -0.2) is 0 Å². The first-order chi connectivity index (χ1) is 10.2. The van der Waals surface area contributed by atoms with Crippen LogP contribution in [0.3, 0.4) is 0 Å². The van der Waals surface area contributed by atoms with Crippen molar-refractivity contribution in [1.82, 2.24) is 0 Å². The number of Topliss-reactive ketones (excluding diaryl/α,β-unsaturated/α-hetero) is 2. The van der Waals surface area contributed by atoms with Gasteiger partial charge in [-0.05, 0) is 30.4 Å². The van der Waals surface area contributed by atoms with Crippen molar-refractivity contribution in [3.63, 3.8) is 0 Å². The highest BCUT2D eigenvalue weighted by Gasteiger charge is 2.31. The first kappa shape index (κ1) is 13.7. The van der Waals surface area contributed by atoms with Crippen LogP contribution in [0, 0.1) is 5.92 Å². The highest BCUT2D eigenvalue weighted by atomic mass is 16.1. The molecule has 1 aliphatic carbocycles. The van der Waals surface area contributed by atoms with E-state index in [1.807, 2.05) is 42.5 Å². The highest BCUT2D eigenvalue weighted by Crippen LogP contribution is 2.31. The Kier molecular flexibility index (Phi) is 3.96. The molecule has 0 N–H and O–H groups in total. The van der Waals surface area contributed by atoms with Gasteiger partial charge in [0, 0.05) is 11.5 Å². The van der Waals surface area contributed by atoms with Crippen LogP contribution < -0.4 is 0 Å². The van der Waals surface area contributed by atoms with Crippen molar-refractivity contribution < 1.29 is 9.59 Å². The molecule has 1 saturated carbocycles. The Bertz CT molecular complexity index is 654. The number of rotatable bonds is 6. The van der Waals surface area contributed by atoms with Crippen LogP contribution in [0.25, 0.3) is 0 Å². The monoisotopic (exact) mass is 278 g/mol. The smallest absolute Gasteiger partial charge is 0.170 e. The molecule has 0 bridgehead atoms. The van der Waals surface area contributed by atoms with Gasteiger partial charge in [0.05, 0.1) is 6.42 Å². The third kappa shape index (κ3) is 3.46. The van der Waals surface area contributed by atoms with E-state index in [1.165, 1.54) is 5.56 Å². The number of hydrogen-bond donors (Lipinski definition) is 0. The Morgan fingerprint density at radius 2 is 1.57 bits per heavy atom. The fourth-order valence-electron chi connectivity index (χ4n) is 2.57. The third-order valence-electron chi connectivity index (χ3n) is 3.92. The molecule has 0 heterocycles. The van der Waals surface area contributed by atoms with Crippen molar-refractivity contribution in [2.75, 3.05) is 0 Å². The summed E-state index contributed by atoms with van der Waals surface area (Å²) in [6.07, 6.45) is 2.69. The number of ketones is 2. The van der Waals surface area contributed by atoms with Gasteiger partial charge in [-0.3, -0.25) is 9.59 Å². The van der Waals surface area contributed by atoms with Crippen LogP contribution in [0.15, 0.2) is 54.6 Å². The predicted molar refractivity (Wildman–Crippen MR) is 82.4 cm³/mol. The zero-order valence-corrected chi connectivity index (χ0v) is 11.9. The van der Waals surface area contributed by atoms with E-state index in [0.717, 1.165) is 24.8 Å². The number of carbonyl (C=O) groups excluding carboxylic acids is 2. The van der Waals surface area contributed by atoms with Crippen molar-refractivity contribution in [2.24, 2.45) is 5.92 Å². The van der Waals surface area contributed by atoms with E-state index >= 15 is 0 Å². The minimum absolute atomic E-state index is 0.0431. The number of benzene rings is 2. The summed E-state index contributed by atoms with van der Waals surface area (Å²) in [5.74, 6) is 0.211. The van der Waals surface area contributed by atoms with E-state index in [9.17, 15) is 9.59 Å². The molecule has 0 amide bonds. The van der Waals surface area contributed by atoms with Gasteiger partial charge in [-0.1, -0.05) is 54.6 Å². The molecule has 2 aromatic carbocycles. The van der Waals surface area contributed by atoms with E-state index in [2.05, 4.69) is 12.1 Å². The lowest BCUT2D eigenvalue weighted by atomic mass is 9.95. The molecule has 0 saturated heterocycles. The van der Waals surface area contributed by atoms with Gasteiger partial charge in [0.25, 0.3) is 0 Å². The third-order valence-corrected chi connectivity index (χ3v) is 3.92. The van der Waals surface area contributed by atoms with Crippen LogP contribution in [-0.2, 0) is 11.2 Å². The predicted octanol–water partition coefficient (Wildman–Crippen LogP) is 3.83. The average molecular weight is 278 g/mol. The van der Waals surface area contributed by atoms with E-state index in [0.29, 0.717) is 5.56 Å². The topological polar surface area (TPSA) is 34.1 Å². The lowest BCUT2D eigenvalue weighted by molar-refractivity contribution is -0.119. The molecular weight excluding hydrogens is 260 g/mol. The first-order valence-corrected chi connectivity index (χ1v) is 7.42. The van der Waals surface area contributed by atoms with Gasteiger partial charge in [0.1, 0.15) is 5.78 Å². The fourth-order valence-corrected chi connectivity index (χ4v) is 2.57. The summed E-state index contributed by atoms with van der Waals surface area (Å²) < 4.78 is 0. The average Bonchev–Trinajstić information content (AvgIpc) is 3.33. The second-order valence-electron chi connectivity index (χ2n) is 5.66. The summed E-state index contributed by atoms with van der Waals surface area (Å²) in [4.78, 5) is 24.2.